The monoisotopic (exact) mass is 390 g/mol. The molecule has 1 aliphatic heterocycles. The van der Waals surface area contributed by atoms with Crippen molar-refractivity contribution in [3.8, 4) is 0 Å². The Morgan fingerprint density at radius 3 is 1.96 bits per heavy atom. The van der Waals surface area contributed by atoms with E-state index in [1.54, 1.807) is 21.7 Å². The molecule has 1 heterocycles. The number of aliphatic carboxylic acids is 3. The Morgan fingerprint density at radius 2 is 1.56 bits per heavy atom. The van der Waals surface area contributed by atoms with Crippen LogP contribution in [-0.4, -0.2) is 119 Å². The van der Waals surface area contributed by atoms with Gasteiger partial charge in [0.2, 0.25) is 5.91 Å². The molecule has 11 heteroatoms. The van der Waals surface area contributed by atoms with Crippen molar-refractivity contribution in [2.45, 2.75) is 18.4 Å². The van der Waals surface area contributed by atoms with E-state index < -0.39 is 23.4 Å². The highest BCUT2D eigenvalue weighted by Crippen LogP contribution is 2.26. The lowest BCUT2D eigenvalue weighted by Crippen LogP contribution is -2.60. The molecule has 0 bridgehead atoms. The highest BCUT2D eigenvalue weighted by Gasteiger charge is 2.41. The van der Waals surface area contributed by atoms with Crippen LogP contribution in [0.5, 0.6) is 0 Å². The summed E-state index contributed by atoms with van der Waals surface area (Å²) in [5, 5.41) is 29.9. The molecule has 1 fully saturated rings. The number of amides is 1. The normalized spacial score (nSPS) is 18.5. The lowest BCUT2D eigenvalue weighted by atomic mass is 9.89. The van der Waals surface area contributed by atoms with Gasteiger partial charge < -0.3 is 20.6 Å². The van der Waals surface area contributed by atoms with E-state index in [2.05, 4.69) is 5.32 Å². The van der Waals surface area contributed by atoms with Crippen molar-refractivity contribution < 1.29 is 35.9 Å². The van der Waals surface area contributed by atoms with Crippen LogP contribution in [0.1, 0.15) is 14.2 Å². The molecule has 154 valence electrons. The second-order valence-electron chi connectivity index (χ2n) is 6.78. The number of nitrogens with zero attached hydrogens (tertiary/aromatic N) is 3. The molecule has 0 saturated carbocycles. The van der Waals surface area contributed by atoms with Gasteiger partial charge in [0.15, 0.2) is 0 Å². The molecule has 0 atom stereocenters. The maximum atomic E-state index is 11.9. The smallest absolute Gasteiger partial charge is 0.317 e. The quantitative estimate of drug-likeness (QED) is 0.331. The molecule has 4 N–H and O–H groups in total. The Bertz CT molecular complexity index is 563. The molecule has 11 nitrogen and oxygen atoms in total. The van der Waals surface area contributed by atoms with Crippen molar-refractivity contribution >= 4 is 23.8 Å². The van der Waals surface area contributed by atoms with E-state index in [-0.39, 0.29) is 58.5 Å². The largest absolute Gasteiger partial charge is 0.480 e. The first kappa shape index (κ1) is 21.1. The number of hydrogen-bond acceptors (Lipinski definition) is 7. The van der Waals surface area contributed by atoms with Crippen molar-refractivity contribution in [1.82, 2.24) is 20.0 Å². The van der Waals surface area contributed by atoms with Gasteiger partial charge in [-0.05, 0) is 13.5 Å². The molecule has 0 aromatic rings. The molecule has 0 unspecified atom stereocenters. The maximum Gasteiger partial charge on any atom is 0.317 e. The van der Waals surface area contributed by atoms with Crippen molar-refractivity contribution in [3.05, 3.63) is 0 Å². The summed E-state index contributed by atoms with van der Waals surface area (Å²) in [5.41, 5.74) is -0.945. The molecule has 0 spiro atoms. The lowest BCUT2D eigenvalue weighted by Gasteiger charge is -2.44. The van der Waals surface area contributed by atoms with E-state index >= 15 is 0 Å². The SMILES string of the molecule is [3H]CNC(=O)CCC1(N(C)CC(=O)O)CN(CC(=O)O)CCN(CC(=O)O)C1. The predicted molar refractivity (Wildman–Crippen MR) is 94.4 cm³/mol. The highest BCUT2D eigenvalue weighted by molar-refractivity contribution is 5.75. The van der Waals surface area contributed by atoms with Gasteiger partial charge in [-0.2, -0.15) is 0 Å². The standard InChI is InChI=1S/C16H28N4O7/c1-17-12(21)3-4-16(18(2)7-13(22)23)10-19(8-14(24)25)5-6-20(11-16)9-15(26)27/h3-11H2,1-2H3,(H,17,21)(H,22,23)(H,24,25)(H,26,27)/i1T. The first-order valence-electron chi connectivity index (χ1n) is 9.16. The fourth-order valence-electron chi connectivity index (χ4n) is 3.37. The van der Waals surface area contributed by atoms with Crippen LogP contribution in [0.25, 0.3) is 0 Å². The number of likely N-dealkylation sites (N-methyl/N-ethyl adjacent to an activating group) is 1. The second-order valence-corrected chi connectivity index (χ2v) is 6.78. The fourth-order valence-corrected chi connectivity index (χ4v) is 3.37. The molecule has 0 radical (unpaired) electrons. The first-order chi connectivity index (χ1) is 13.1. The number of carboxylic acid groups (broad SMARTS) is 3. The maximum absolute atomic E-state index is 11.9. The molecule has 0 aliphatic carbocycles. The van der Waals surface area contributed by atoms with Crippen LogP contribution in [0.15, 0.2) is 0 Å². The molecule has 0 aromatic carbocycles. The Morgan fingerprint density at radius 1 is 1.04 bits per heavy atom. The van der Waals surface area contributed by atoms with Gasteiger partial charge >= 0.3 is 17.9 Å². The highest BCUT2D eigenvalue weighted by atomic mass is 16.4. The number of rotatable bonds is 10. The van der Waals surface area contributed by atoms with Gasteiger partial charge in [-0.15, -0.1) is 0 Å². The van der Waals surface area contributed by atoms with Gasteiger partial charge in [0.25, 0.3) is 0 Å². The van der Waals surface area contributed by atoms with Gasteiger partial charge in [0, 0.05) is 46.5 Å². The number of nitrogens with one attached hydrogen (secondary N) is 1. The van der Waals surface area contributed by atoms with Crippen LogP contribution >= 0.6 is 0 Å². The summed E-state index contributed by atoms with van der Waals surface area (Å²) in [6.07, 6.45) is 0.194. The molecule has 1 saturated heterocycles. The molecule has 1 aliphatic rings. The molecule has 27 heavy (non-hydrogen) atoms. The van der Waals surface area contributed by atoms with Gasteiger partial charge in [0.1, 0.15) is 0 Å². The van der Waals surface area contributed by atoms with Crippen molar-refractivity contribution in [3.63, 3.8) is 0 Å². The van der Waals surface area contributed by atoms with E-state index in [0.29, 0.717) is 13.1 Å². The third-order valence-corrected chi connectivity index (χ3v) is 4.68. The van der Waals surface area contributed by atoms with Crippen LogP contribution in [0.3, 0.4) is 0 Å². The minimum Gasteiger partial charge on any atom is -0.480 e. The number of carboxylic acids is 3. The topological polar surface area (TPSA) is 151 Å². The zero-order chi connectivity index (χ0) is 21.3. The van der Waals surface area contributed by atoms with E-state index in [0.717, 1.165) is 0 Å². The van der Waals surface area contributed by atoms with E-state index in [1.165, 1.54) is 0 Å². The van der Waals surface area contributed by atoms with E-state index in [9.17, 15) is 24.3 Å². The third-order valence-electron chi connectivity index (χ3n) is 4.68. The van der Waals surface area contributed by atoms with Crippen LogP contribution in [0.4, 0.5) is 0 Å². The molecule has 1 amide bonds. The molecule has 0 aromatic heterocycles. The summed E-state index contributed by atoms with van der Waals surface area (Å²) in [4.78, 5) is 50.4. The minimum absolute atomic E-state index is 0.00462. The van der Waals surface area contributed by atoms with E-state index in [1.807, 2.05) is 0 Å². The predicted octanol–water partition coefficient (Wildman–Crippen LogP) is -1.95. The van der Waals surface area contributed by atoms with Crippen LogP contribution < -0.4 is 5.32 Å². The van der Waals surface area contributed by atoms with E-state index in [4.69, 9.17) is 11.6 Å². The first-order valence-corrected chi connectivity index (χ1v) is 8.45. The summed E-state index contributed by atoms with van der Waals surface area (Å²) in [5.74, 6) is -3.56. The zero-order valence-corrected chi connectivity index (χ0v) is 15.4. The van der Waals surface area contributed by atoms with Crippen LogP contribution in [0, 0.1) is 0 Å². The van der Waals surface area contributed by atoms with Crippen molar-refractivity contribution in [1.29, 1.82) is 0 Å². The summed E-state index contributed by atoms with van der Waals surface area (Å²) < 4.78 is 7.07. The Balaban J connectivity index is 3.19. The summed E-state index contributed by atoms with van der Waals surface area (Å²) in [7, 11) is 1.28. The zero-order valence-electron chi connectivity index (χ0n) is 16.4. The van der Waals surface area contributed by atoms with Crippen LogP contribution in [0.2, 0.25) is 0 Å². The lowest BCUT2D eigenvalue weighted by molar-refractivity contribution is -0.142. The Hall–Kier alpha value is -2.24. The average Bonchev–Trinajstić information content (AvgIpc) is 2.72. The second kappa shape index (κ2) is 10.2. The van der Waals surface area contributed by atoms with Crippen molar-refractivity contribution in [2.24, 2.45) is 0 Å². The van der Waals surface area contributed by atoms with Crippen LogP contribution in [-0.2, 0) is 19.2 Å². The van der Waals surface area contributed by atoms with Crippen molar-refractivity contribution in [2.75, 3.05) is 59.9 Å². The van der Waals surface area contributed by atoms with Gasteiger partial charge in [-0.25, -0.2) is 0 Å². The molecular formula is C16H28N4O7. The third kappa shape index (κ3) is 7.49. The van der Waals surface area contributed by atoms with Gasteiger partial charge in [0.05, 0.1) is 19.6 Å². The summed E-state index contributed by atoms with van der Waals surface area (Å²) in [6, 6.07) is 0. The molecular weight excluding hydrogens is 360 g/mol. The van der Waals surface area contributed by atoms with Gasteiger partial charge in [-0.3, -0.25) is 33.9 Å². The van der Waals surface area contributed by atoms with Gasteiger partial charge in [-0.1, -0.05) is 0 Å². The Kier molecular flexibility index (Phi) is 7.95. The fraction of sp³-hybridized carbons (Fsp3) is 0.750. The molecule has 1 rings (SSSR count). The number of carbonyl (C=O) groups is 4. The summed E-state index contributed by atoms with van der Waals surface area (Å²) in [6.45, 7) is 0.0654. The number of carbonyl (C=O) groups excluding carboxylic acids is 1. The Labute approximate surface area is 158 Å². The number of hydrogen-bond donors (Lipinski definition) is 4. The minimum atomic E-state index is -1.09. The average molecular weight is 390 g/mol. The summed E-state index contributed by atoms with van der Waals surface area (Å²) >= 11 is 0.